The largest absolute Gasteiger partial charge is 0.490 e. The van der Waals surface area contributed by atoms with Crippen molar-refractivity contribution in [3.05, 3.63) is 58.4 Å². The lowest BCUT2D eigenvalue weighted by atomic mass is 10.0. The second-order valence-corrected chi connectivity index (χ2v) is 8.50. The van der Waals surface area contributed by atoms with Crippen molar-refractivity contribution < 1.29 is 19.0 Å². The van der Waals surface area contributed by atoms with E-state index in [1.54, 1.807) is 24.3 Å². The van der Waals surface area contributed by atoms with Crippen LogP contribution in [-0.4, -0.2) is 52.2 Å². The number of carbonyl (C=O) groups is 1. The molecule has 2 aliphatic heterocycles. The Kier molecular flexibility index (Phi) is 6.34. The predicted molar refractivity (Wildman–Crippen MR) is 121 cm³/mol. The van der Waals surface area contributed by atoms with Crippen molar-refractivity contribution in [2.45, 2.75) is 38.5 Å². The maximum absolute atomic E-state index is 13.0. The lowest BCUT2D eigenvalue weighted by molar-refractivity contribution is 0.0684. The topological polar surface area (TPSA) is 92.4 Å². The summed E-state index contributed by atoms with van der Waals surface area (Å²) in [7, 11) is 1.62. The van der Waals surface area contributed by atoms with Crippen LogP contribution in [-0.2, 0) is 29.0 Å². The minimum absolute atomic E-state index is 0.188. The van der Waals surface area contributed by atoms with Gasteiger partial charge in [-0.3, -0.25) is 4.79 Å². The minimum Gasteiger partial charge on any atom is -0.490 e. The number of ether oxygens (including phenoxy) is 3. The molecule has 4 heterocycles. The lowest BCUT2D eigenvalue weighted by Crippen LogP contribution is -2.35. The number of aryl methyl sites for hydroxylation is 1. The SMILES string of the molecule is COCCOc1cccc(-n2ncc3c2COC[C@H]3NC(=O)c2ncn3c2CCCC3)c1Cl. The fourth-order valence-electron chi connectivity index (χ4n) is 4.37. The van der Waals surface area contributed by atoms with E-state index < -0.39 is 0 Å². The van der Waals surface area contributed by atoms with E-state index in [1.807, 2.05) is 18.2 Å². The number of fused-ring (bicyclic) bond motifs is 2. The Hall–Kier alpha value is -2.88. The zero-order valence-electron chi connectivity index (χ0n) is 18.4. The molecule has 0 unspecified atom stereocenters. The molecule has 9 nitrogen and oxygen atoms in total. The van der Waals surface area contributed by atoms with Crippen molar-refractivity contribution in [2.75, 3.05) is 26.9 Å². The van der Waals surface area contributed by atoms with Crippen LogP contribution in [0, 0.1) is 0 Å². The molecule has 0 fully saturated rings. The second kappa shape index (κ2) is 9.54. The molecule has 0 bridgehead atoms. The minimum atomic E-state index is -0.323. The molecular weight excluding hydrogens is 446 g/mol. The molecule has 10 heteroatoms. The van der Waals surface area contributed by atoms with Gasteiger partial charge in [-0.1, -0.05) is 17.7 Å². The normalized spacial score (nSPS) is 17.3. The summed E-state index contributed by atoms with van der Waals surface area (Å²) in [5, 5.41) is 8.10. The molecule has 0 saturated carbocycles. The van der Waals surface area contributed by atoms with Crippen LogP contribution in [0.15, 0.2) is 30.7 Å². The molecule has 3 aromatic rings. The molecule has 0 radical (unpaired) electrons. The first-order chi connectivity index (χ1) is 16.2. The van der Waals surface area contributed by atoms with Crippen LogP contribution in [0.2, 0.25) is 5.02 Å². The van der Waals surface area contributed by atoms with E-state index in [0.29, 0.717) is 48.6 Å². The Morgan fingerprint density at radius 3 is 3.09 bits per heavy atom. The summed E-state index contributed by atoms with van der Waals surface area (Å²) in [5.74, 6) is 0.369. The molecule has 1 atom stereocenters. The first-order valence-electron chi connectivity index (χ1n) is 11.1. The number of imidazole rings is 1. The van der Waals surface area contributed by atoms with E-state index in [9.17, 15) is 4.79 Å². The van der Waals surface area contributed by atoms with Crippen LogP contribution < -0.4 is 10.1 Å². The van der Waals surface area contributed by atoms with E-state index in [4.69, 9.17) is 25.8 Å². The van der Waals surface area contributed by atoms with Gasteiger partial charge in [0.15, 0.2) is 0 Å². The highest BCUT2D eigenvalue weighted by atomic mass is 35.5. The number of hydrogen-bond donors (Lipinski definition) is 1. The standard InChI is InChI=1S/C23H26ClN5O4/c1-31-9-10-33-20-7-4-6-17(21(20)24)29-19-13-32-12-16(15(19)11-26-29)27-23(30)22-18-5-2-3-8-28(18)14-25-22/h4,6-7,11,14,16H,2-3,5,8-10,12-13H2,1H3,(H,27,30)/t16-/m1/s1. The first-order valence-corrected chi connectivity index (χ1v) is 11.4. The highest BCUT2D eigenvalue weighted by molar-refractivity contribution is 6.33. The van der Waals surface area contributed by atoms with Crippen molar-refractivity contribution in [3.63, 3.8) is 0 Å². The Bertz CT molecular complexity index is 1160. The number of rotatable bonds is 7. The van der Waals surface area contributed by atoms with Gasteiger partial charge < -0.3 is 24.1 Å². The molecule has 1 aromatic carbocycles. The Morgan fingerprint density at radius 2 is 2.21 bits per heavy atom. The van der Waals surface area contributed by atoms with Crippen LogP contribution in [0.4, 0.5) is 0 Å². The summed E-state index contributed by atoms with van der Waals surface area (Å²) >= 11 is 6.63. The van der Waals surface area contributed by atoms with Gasteiger partial charge in [-0.15, -0.1) is 0 Å². The molecule has 0 spiro atoms. The second-order valence-electron chi connectivity index (χ2n) is 8.12. The summed E-state index contributed by atoms with van der Waals surface area (Å²) in [4.78, 5) is 17.4. The van der Waals surface area contributed by atoms with Crippen LogP contribution in [0.25, 0.3) is 5.69 Å². The van der Waals surface area contributed by atoms with E-state index in [2.05, 4.69) is 20.0 Å². The average Bonchev–Trinajstić information content (AvgIpc) is 3.45. The molecule has 2 aromatic heterocycles. The summed E-state index contributed by atoms with van der Waals surface area (Å²) in [6.07, 6.45) is 6.58. The molecule has 2 aliphatic rings. The number of benzene rings is 1. The van der Waals surface area contributed by atoms with Crippen molar-refractivity contribution in [3.8, 4) is 11.4 Å². The van der Waals surface area contributed by atoms with Crippen LogP contribution in [0.5, 0.6) is 5.75 Å². The quantitative estimate of drug-likeness (QED) is 0.532. The zero-order chi connectivity index (χ0) is 22.8. The number of halogens is 1. The highest BCUT2D eigenvalue weighted by Gasteiger charge is 2.29. The number of nitrogens with one attached hydrogen (secondary N) is 1. The Labute approximate surface area is 196 Å². The Balaban J connectivity index is 1.38. The summed E-state index contributed by atoms with van der Waals surface area (Å²) in [5.41, 5.74) is 3.94. The van der Waals surface area contributed by atoms with E-state index >= 15 is 0 Å². The molecule has 0 saturated heterocycles. The smallest absolute Gasteiger partial charge is 0.272 e. The number of amides is 1. The maximum atomic E-state index is 13.0. The Morgan fingerprint density at radius 1 is 1.30 bits per heavy atom. The summed E-state index contributed by atoms with van der Waals surface area (Å²) in [6, 6.07) is 5.22. The van der Waals surface area contributed by atoms with Gasteiger partial charge in [-0.2, -0.15) is 5.10 Å². The number of aromatic nitrogens is 4. The maximum Gasteiger partial charge on any atom is 0.272 e. The third kappa shape index (κ3) is 4.23. The average molecular weight is 472 g/mol. The molecule has 1 amide bonds. The van der Waals surface area contributed by atoms with Gasteiger partial charge in [0.25, 0.3) is 5.91 Å². The van der Waals surface area contributed by atoms with Crippen molar-refractivity contribution in [1.29, 1.82) is 0 Å². The number of nitrogens with zero attached hydrogens (tertiary/aromatic N) is 4. The van der Waals surface area contributed by atoms with E-state index in [1.165, 1.54) is 0 Å². The molecule has 174 valence electrons. The lowest BCUT2D eigenvalue weighted by Gasteiger charge is -2.25. The summed E-state index contributed by atoms with van der Waals surface area (Å²) in [6.45, 7) is 2.51. The fraction of sp³-hybridized carbons (Fsp3) is 0.435. The molecule has 0 aliphatic carbocycles. The van der Waals surface area contributed by atoms with Gasteiger partial charge in [0, 0.05) is 19.2 Å². The predicted octanol–water partition coefficient (Wildman–Crippen LogP) is 3.09. The van der Waals surface area contributed by atoms with Gasteiger partial charge in [0.05, 0.1) is 55.5 Å². The van der Waals surface area contributed by atoms with Crippen molar-refractivity contribution in [2.24, 2.45) is 0 Å². The zero-order valence-corrected chi connectivity index (χ0v) is 19.2. The molecular formula is C23H26ClN5O4. The number of carbonyl (C=O) groups excluding carboxylic acids is 1. The summed E-state index contributed by atoms with van der Waals surface area (Å²) < 4.78 is 20.4. The van der Waals surface area contributed by atoms with Crippen molar-refractivity contribution in [1.82, 2.24) is 24.6 Å². The van der Waals surface area contributed by atoms with Gasteiger partial charge in [0.1, 0.15) is 23.1 Å². The number of hydrogen-bond acceptors (Lipinski definition) is 6. The van der Waals surface area contributed by atoms with Crippen LogP contribution in [0.1, 0.15) is 46.3 Å². The van der Waals surface area contributed by atoms with Gasteiger partial charge >= 0.3 is 0 Å². The van der Waals surface area contributed by atoms with Gasteiger partial charge in [0.2, 0.25) is 0 Å². The van der Waals surface area contributed by atoms with Gasteiger partial charge in [-0.05, 0) is 31.4 Å². The van der Waals surface area contributed by atoms with E-state index in [0.717, 1.165) is 42.8 Å². The molecule has 33 heavy (non-hydrogen) atoms. The monoisotopic (exact) mass is 471 g/mol. The molecule has 1 N–H and O–H groups in total. The third-order valence-corrected chi connectivity index (χ3v) is 6.43. The van der Waals surface area contributed by atoms with Crippen LogP contribution >= 0.6 is 11.6 Å². The highest BCUT2D eigenvalue weighted by Crippen LogP contribution is 2.34. The van der Waals surface area contributed by atoms with Crippen LogP contribution in [0.3, 0.4) is 0 Å². The fourth-order valence-corrected chi connectivity index (χ4v) is 4.64. The number of methoxy groups -OCH3 is 1. The van der Waals surface area contributed by atoms with E-state index in [-0.39, 0.29) is 11.9 Å². The molecule has 5 rings (SSSR count). The van der Waals surface area contributed by atoms with Crippen molar-refractivity contribution >= 4 is 17.5 Å². The first kappa shape index (κ1) is 21.9. The van der Waals surface area contributed by atoms with Gasteiger partial charge in [-0.25, -0.2) is 9.67 Å². The third-order valence-electron chi connectivity index (χ3n) is 6.05.